The first-order chi connectivity index (χ1) is 11.5. The molecular weight excluding hydrogens is 310 g/mol. The van der Waals surface area contributed by atoms with Crippen LogP contribution < -0.4 is 10.2 Å². The van der Waals surface area contributed by atoms with Crippen molar-refractivity contribution in [1.82, 2.24) is 5.43 Å². The Kier molecular flexibility index (Phi) is 5.36. The summed E-state index contributed by atoms with van der Waals surface area (Å²) in [7, 11) is 0. The molecule has 2 rings (SSSR count). The smallest absolute Gasteiger partial charge is 0.277 e. The minimum atomic E-state index is -0.488. The van der Waals surface area contributed by atoms with Crippen LogP contribution in [0.5, 0.6) is 17.2 Å². The van der Waals surface area contributed by atoms with E-state index in [1.165, 1.54) is 18.2 Å². The fourth-order valence-corrected chi connectivity index (χ4v) is 1.83. The molecule has 0 heterocycles. The van der Waals surface area contributed by atoms with Crippen LogP contribution in [0, 0.1) is 11.3 Å². The molecule has 2 aromatic carbocycles. The lowest BCUT2D eigenvalue weighted by molar-refractivity contribution is -0.123. The van der Waals surface area contributed by atoms with Crippen molar-refractivity contribution < 1.29 is 19.7 Å². The highest BCUT2D eigenvalue weighted by atomic mass is 16.5. The average molecular weight is 325 g/mol. The van der Waals surface area contributed by atoms with Gasteiger partial charge in [-0.15, -0.1) is 0 Å². The molecule has 1 amide bonds. The third kappa shape index (κ3) is 4.48. The largest absolute Gasteiger partial charge is 0.508 e. The van der Waals surface area contributed by atoms with Gasteiger partial charge in [0.2, 0.25) is 0 Å². The molecule has 0 aliphatic heterocycles. The van der Waals surface area contributed by atoms with Gasteiger partial charge in [-0.1, -0.05) is 0 Å². The number of phenols is 2. The predicted octanol–water partition coefficient (Wildman–Crippen LogP) is 1.89. The highest BCUT2D eigenvalue weighted by Gasteiger charge is 2.07. The molecule has 122 valence electrons. The number of hydrogen-bond acceptors (Lipinski definition) is 6. The number of nitrogens with one attached hydrogen (secondary N) is 1. The van der Waals surface area contributed by atoms with Gasteiger partial charge in [0.25, 0.3) is 5.91 Å². The number of benzene rings is 2. The Bertz CT molecular complexity index is 808. The number of hydrogen-bond donors (Lipinski definition) is 3. The van der Waals surface area contributed by atoms with Gasteiger partial charge in [-0.2, -0.15) is 10.4 Å². The van der Waals surface area contributed by atoms with E-state index in [1.54, 1.807) is 31.2 Å². The summed E-state index contributed by atoms with van der Waals surface area (Å²) >= 11 is 0. The molecule has 7 nitrogen and oxygen atoms in total. The van der Waals surface area contributed by atoms with E-state index >= 15 is 0 Å². The van der Waals surface area contributed by atoms with Gasteiger partial charge < -0.3 is 14.9 Å². The van der Waals surface area contributed by atoms with Crippen molar-refractivity contribution in [2.75, 3.05) is 6.61 Å². The molecule has 7 heteroatoms. The van der Waals surface area contributed by atoms with E-state index in [9.17, 15) is 15.0 Å². The zero-order chi connectivity index (χ0) is 17.5. The number of ether oxygens (including phenoxy) is 1. The van der Waals surface area contributed by atoms with Crippen molar-refractivity contribution in [2.45, 2.75) is 6.92 Å². The van der Waals surface area contributed by atoms with Crippen LogP contribution in [0.25, 0.3) is 0 Å². The second-order valence-electron chi connectivity index (χ2n) is 4.86. The zero-order valence-corrected chi connectivity index (χ0v) is 12.9. The first kappa shape index (κ1) is 16.8. The van der Waals surface area contributed by atoms with Gasteiger partial charge in [-0.3, -0.25) is 4.79 Å². The summed E-state index contributed by atoms with van der Waals surface area (Å²) in [5.41, 5.74) is 3.43. The number of phenolic OH excluding ortho intramolecular Hbond substituents is 2. The molecule has 24 heavy (non-hydrogen) atoms. The Hall–Kier alpha value is -3.53. The maximum atomic E-state index is 11.7. The molecule has 0 aromatic heterocycles. The maximum absolute atomic E-state index is 11.7. The van der Waals surface area contributed by atoms with Crippen molar-refractivity contribution >= 4 is 11.6 Å². The molecule has 0 atom stereocenters. The fraction of sp³-hybridized carbons (Fsp3) is 0.118. The Morgan fingerprint density at radius 2 is 1.96 bits per heavy atom. The molecule has 0 aliphatic carbocycles. The van der Waals surface area contributed by atoms with Crippen LogP contribution in [0.15, 0.2) is 47.6 Å². The highest BCUT2D eigenvalue weighted by molar-refractivity contribution is 6.01. The second-order valence-corrected chi connectivity index (χ2v) is 4.86. The molecule has 3 N–H and O–H groups in total. The van der Waals surface area contributed by atoms with Crippen LogP contribution >= 0.6 is 0 Å². The Morgan fingerprint density at radius 3 is 2.62 bits per heavy atom. The lowest BCUT2D eigenvalue weighted by Gasteiger charge is -2.07. The van der Waals surface area contributed by atoms with Crippen LogP contribution in [0.4, 0.5) is 0 Å². The Labute approximate surface area is 138 Å². The maximum Gasteiger partial charge on any atom is 0.277 e. The predicted molar refractivity (Wildman–Crippen MR) is 86.8 cm³/mol. The van der Waals surface area contributed by atoms with E-state index in [-0.39, 0.29) is 18.1 Å². The minimum Gasteiger partial charge on any atom is -0.508 e. The highest BCUT2D eigenvalue weighted by Crippen LogP contribution is 2.22. The monoisotopic (exact) mass is 325 g/mol. The van der Waals surface area contributed by atoms with Gasteiger partial charge in [0.05, 0.1) is 17.3 Å². The van der Waals surface area contributed by atoms with Crippen LogP contribution in [0.2, 0.25) is 0 Å². The topological polar surface area (TPSA) is 115 Å². The number of carbonyl (C=O) groups is 1. The summed E-state index contributed by atoms with van der Waals surface area (Å²) in [6.45, 7) is 1.32. The molecule has 0 bridgehead atoms. The number of aromatic hydroxyl groups is 2. The quantitative estimate of drug-likeness (QED) is 0.441. The second kappa shape index (κ2) is 7.65. The van der Waals surface area contributed by atoms with Gasteiger partial charge in [-0.05, 0) is 49.4 Å². The third-order valence-corrected chi connectivity index (χ3v) is 3.07. The van der Waals surface area contributed by atoms with Crippen molar-refractivity contribution in [3.63, 3.8) is 0 Å². The van der Waals surface area contributed by atoms with Crippen LogP contribution in [-0.2, 0) is 4.79 Å². The van der Waals surface area contributed by atoms with Gasteiger partial charge >= 0.3 is 0 Å². The van der Waals surface area contributed by atoms with Gasteiger partial charge in [0.15, 0.2) is 6.61 Å². The van der Waals surface area contributed by atoms with E-state index in [1.807, 2.05) is 6.07 Å². The van der Waals surface area contributed by atoms with Crippen molar-refractivity contribution in [2.24, 2.45) is 5.10 Å². The first-order valence-electron chi connectivity index (χ1n) is 6.98. The molecular formula is C17H15N3O4. The molecule has 0 radical (unpaired) electrons. The van der Waals surface area contributed by atoms with Crippen LogP contribution in [-0.4, -0.2) is 28.4 Å². The number of nitriles is 1. The molecule has 0 saturated heterocycles. The SMILES string of the molecule is C/C(=N/NC(=O)COc1ccc(C#N)cc1)c1cc(O)ccc1O. The van der Waals surface area contributed by atoms with E-state index < -0.39 is 5.91 Å². The van der Waals surface area contributed by atoms with E-state index in [0.29, 0.717) is 22.6 Å². The van der Waals surface area contributed by atoms with E-state index in [4.69, 9.17) is 10.00 Å². The lowest BCUT2D eigenvalue weighted by atomic mass is 10.1. The minimum absolute atomic E-state index is 0.0205. The van der Waals surface area contributed by atoms with Crippen molar-refractivity contribution in [3.8, 4) is 23.3 Å². The van der Waals surface area contributed by atoms with Gasteiger partial charge in [0, 0.05) is 5.56 Å². The number of carbonyl (C=O) groups excluding carboxylic acids is 1. The molecule has 0 unspecified atom stereocenters. The summed E-state index contributed by atoms with van der Waals surface area (Å²) < 4.78 is 5.27. The van der Waals surface area contributed by atoms with Gasteiger partial charge in [-0.25, -0.2) is 5.43 Å². The molecule has 2 aromatic rings. The summed E-state index contributed by atoms with van der Waals surface area (Å²) in [4.78, 5) is 11.7. The lowest BCUT2D eigenvalue weighted by Crippen LogP contribution is -2.25. The summed E-state index contributed by atoms with van der Waals surface area (Å²) in [5.74, 6) is -0.112. The summed E-state index contributed by atoms with van der Waals surface area (Å²) in [6, 6.07) is 12.3. The Balaban J connectivity index is 1.92. The van der Waals surface area contributed by atoms with E-state index in [0.717, 1.165) is 0 Å². The zero-order valence-electron chi connectivity index (χ0n) is 12.9. The molecule has 0 saturated carbocycles. The van der Waals surface area contributed by atoms with Crippen molar-refractivity contribution in [3.05, 3.63) is 53.6 Å². The standard InChI is InChI=1S/C17H15N3O4/c1-11(15-8-13(21)4-7-16(15)22)19-20-17(23)10-24-14-5-2-12(9-18)3-6-14/h2-8,21-22H,10H2,1H3,(H,20,23)/b19-11-. The average Bonchev–Trinajstić information content (AvgIpc) is 2.60. The summed E-state index contributed by atoms with van der Waals surface area (Å²) in [5, 5.41) is 31.7. The first-order valence-corrected chi connectivity index (χ1v) is 6.98. The van der Waals surface area contributed by atoms with Gasteiger partial charge in [0.1, 0.15) is 17.2 Å². The number of nitrogens with zero attached hydrogens (tertiary/aromatic N) is 2. The molecule has 0 aliphatic rings. The Morgan fingerprint density at radius 1 is 1.25 bits per heavy atom. The third-order valence-electron chi connectivity index (χ3n) is 3.07. The fourth-order valence-electron chi connectivity index (χ4n) is 1.83. The summed E-state index contributed by atoms with van der Waals surface area (Å²) in [6.07, 6.45) is 0. The van der Waals surface area contributed by atoms with Crippen molar-refractivity contribution in [1.29, 1.82) is 5.26 Å². The van der Waals surface area contributed by atoms with Crippen LogP contribution in [0.1, 0.15) is 18.1 Å². The molecule has 0 fully saturated rings. The number of hydrazone groups is 1. The number of rotatable bonds is 5. The number of amides is 1. The van der Waals surface area contributed by atoms with E-state index in [2.05, 4.69) is 10.5 Å². The van der Waals surface area contributed by atoms with Crippen LogP contribution in [0.3, 0.4) is 0 Å². The normalized spacial score (nSPS) is 10.8. The molecule has 0 spiro atoms.